The van der Waals surface area contributed by atoms with Gasteiger partial charge in [0.05, 0.1) is 5.92 Å². The fourth-order valence-corrected chi connectivity index (χ4v) is 3.83. The Balaban J connectivity index is 1.62. The number of ether oxygens (including phenoxy) is 3. The Morgan fingerprint density at radius 2 is 1.88 bits per heavy atom. The van der Waals surface area contributed by atoms with Crippen LogP contribution in [0.2, 0.25) is 5.02 Å². The van der Waals surface area contributed by atoms with Crippen LogP contribution in [0.3, 0.4) is 0 Å². The normalized spacial score (nSPS) is 15.6. The molecule has 2 atom stereocenters. The highest BCUT2D eigenvalue weighted by molar-refractivity contribution is 6.31. The molecule has 34 heavy (non-hydrogen) atoms. The Morgan fingerprint density at radius 3 is 2.59 bits per heavy atom. The summed E-state index contributed by atoms with van der Waals surface area (Å²) in [5, 5.41) is 9.75. The van der Waals surface area contributed by atoms with Crippen LogP contribution in [0.25, 0.3) is 0 Å². The molecule has 172 valence electrons. The van der Waals surface area contributed by atoms with Gasteiger partial charge in [0.25, 0.3) is 0 Å². The molecule has 2 N–H and O–H groups in total. The van der Waals surface area contributed by atoms with Crippen molar-refractivity contribution in [3.63, 3.8) is 0 Å². The van der Waals surface area contributed by atoms with Gasteiger partial charge in [-0.05, 0) is 37.3 Å². The number of nitriles is 1. The summed E-state index contributed by atoms with van der Waals surface area (Å²) < 4.78 is 44.7. The lowest BCUT2D eigenvalue weighted by molar-refractivity contribution is -0.141. The van der Waals surface area contributed by atoms with Crippen molar-refractivity contribution in [2.24, 2.45) is 5.73 Å². The lowest BCUT2D eigenvalue weighted by Crippen LogP contribution is -2.29. The van der Waals surface area contributed by atoms with Crippen LogP contribution in [-0.4, -0.2) is 12.1 Å². The number of nitrogens with two attached hydrogens (primary N) is 1. The largest absolute Gasteiger partial charge is 0.476 e. The average molecular weight is 483 g/mol. The number of hydrogen-bond acceptors (Lipinski definition) is 6. The lowest BCUT2D eigenvalue weighted by atomic mass is 9.83. The highest BCUT2D eigenvalue weighted by Gasteiger charge is 2.34. The molecule has 6 nitrogen and oxygen atoms in total. The topological polar surface area (TPSA) is 94.6 Å². The van der Waals surface area contributed by atoms with E-state index in [2.05, 4.69) is 0 Å². The van der Waals surface area contributed by atoms with E-state index in [4.69, 9.17) is 31.5 Å². The maximum absolute atomic E-state index is 14.7. The van der Waals surface area contributed by atoms with E-state index in [1.54, 1.807) is 6.07 Å². The maximum Gasteiger partial charge on any atom is 0.352 e. The summed E-state index contributed by atoms with van der Waals surface area (Å²) in [5.74, 6) is -3.00. The molecule has 4 rings (SSSR count). The van der Waals surface area contributed by atoms with Crippen molar-refractivity contribution >= 4 is 17.6 Å². The van der Waals surface area contributed by atoms with E-state index in [0.717, 1.165) is 0 Å². The number of hydrogen-bond donors (Lipinski definition) is 1. The van der Waals surface area contributed by atoms with E-state index >= 15 is 0 Å². The average Bonchev–Trinajstić information content (AvgIpc) is 2.80. The first kappa shape index (κ1) is 23.1. The van der Waals surface area contributed by atoms with E-state index in [1.807, 2.05) is 6.07 Å². The summed E-state index contributed by atoms with van der Waals surface area (Å²) in [6.45, 7) is 1.42. The van der Waals surface area contributed by atoms with Crippen LogP contribution in [-0.2, 0) is 4.79 Å². The van der Waals surface area contributed by atoms with Crippen molar-refractivity contribution in [3.8, 4) is 23.3 Å². The fourth-order valence-electron chi connectivity index (χ4n) is 3.56. The van der Waals surface area contributed by atoms with Gasteiger partial charge in [-0.15, -0.1) is 0 Å². The van der Waals surface area contributed by atoms with Crippen molar-refractivity contribution in [3.05, 3.63) is 99.9 Å². The molecule has 0 aliphatic carbocycles. The molecule has 0 radical (unpaired) electrons. The summed E-state index contributed by atoms with van der Waals surface area (Å²) in [7, 11) is 0. The minimum absolute atomic E-state index is 0.00356. The second kappa shape index (κ2) is 9.41. The molecule has 0 aromatic heterocycles. The summed E-state index contributed by atoms with van der Waals surface area (Å²) >= 11 is 6.25. The monoisotopic (exact) mass is 482 g/mol. The summed E-state index contributed by atoms with van der Waals surface area (Å²) in [5.41, 5.74) is 6.42. The Kier molecular flexibility index (Phi) is 6.39. The highest BCUT2D eigenvalue weighted by atomic mass is 35.5. The first-order valence-corrected chi connectivity index (χ1v) is 10.5. The van der Waals surface area contributed by atoms with Crippen molar-refractivity contribution in [2.75, 3.05) is 0 Å². The van der Waals surface area contributed by atoms with Gasteiger partial charge in [-0.3, -0.25) is 0 Å². The second-order valence-electron chi connectivity index (χ2n) is 7.37. The van der Waals surface area contributed by atoms with Crippen molar-refractivity contribution in [2.45, 2.75) is 18.9 Å². The van der Waals surface area contributed by atoms with Crippen LogP contribution in [0, 0.1) is 23.0 Å². The molecule has 0 fully saturated rings. The minimum Gasteiger partial charge on any atom is -0.476 e. The highest BCUT2D eigenvalue weighted by Crippen LogP contribution is 2.46. The first-order chi connectivity index (χ1) is 16.3. The van der Waals surface area contributed by atoms with E-state index in [0.29, 0.717) is 5.56 Å². The smallest absolute Gasteiger partial charge is 0.352 e. The zero-order valence-electron chi connectivity index (χ0n) is 17.7. The zero-order chi connectivity index (χ0) is 24.4. The molecule has 2 unspecified atom stereocenters. The standard InChI is InChI=1S/C25H17ClF2N2O4/c1-13(32-20-8-3-2-6-18(20)27)25(31)33-14-9-10-15-21(11-14)34-24(30)16(12-29)22(15)23-17(26)5-4-7-19(23)28/h2-11,13,22H,30H2,1H3. The van der Waals surface area contributed by atoms with Gasteiger partial charge in [-0.25, -0.2) is 13.6 Å². The van der Waals surface area contributed by atoms with Crippen molar-refractivity contribution < 1.29 is 27.8 Å². The first-order valence-electron chi connectivity index (χ1n) is 10.1. The van der Waals surface area contributed by atoms with E-state index in [-0.39, 0.29) is 39.3 Å². The van der Waals surface area contributed by atoms with Crippen molar-refractivity contribution in [1.29, 1.82) is 5.26 Å². The van der Waals surface area contributed by atoms with Gasteiger partial charge in [-0.1, -0.05) is 35.9 Å². The molecule has 1 heterocycles. The third kappa shape index (κ3) is 4.38. The number of para-hydroxylation sites is 1. The molecule has 0 amide bonds. The Morgan fingerprint density at radius 1 is 1.15 bits per heavy atom. The lowest BCUT2D eigenvalue weighted by Gasteiger charge is -2.27. The van der Waals surface area contributed by atoms with E-state index < -0.39 is 29.6 Å². The molecular formula is C25H17ClF2N2O4. The second-order valence-corrected chi connectivity index (χ2v) is 7.78. The molecule has 0 saturated heterocycles. The Hall–Kier alpha value is -4.09. The quantitative estimate of drug-likeness (QED) is 0.396. The van der Waals surface area contributed by atoms with Gasteiger partial charge in [0.15, 0.2) is 17.7 Å². The SMILES string of the molecule is CC(Oc1ccccc1F)C(=O)Oc1ccc2c(c1)OC(N)=C(C#N)C2c1c(F)cccc1Cl. The predicted molar refractivity (Wildman–Crippen MR) is 119 cm³/mol. The Bertz CT molecular complexity index is 1330. The number of fused-ring (bicyclic) bond motifs is 1. The number of nitrogens with zero attached hydrogens (tertiary/aromatic N) is 1. The number of esters is 1. The summed E-state index contributed by atoms with van der Waals surface area (Å²) in [6.07, 6.45) is -1.12. The van der Waals surface area contributed by atoms with Gasteiger partial charge in [0.1, 0.15) is 29.0 Å². The fraction of sp³-hybridized carbons (Fsp3) is 0.120. The molecule has 9 heteroatoms. The van der Waals surface area contributed by atoms with Gasteiger partial charge in [0, 0.05) is 22.2 Å². The van der Waals surface area contributed by atoms with Gasteiger partial charge >= 0.3 is 5.97 Å². The van der Waals surface area contributed by atoms with Gasteiger partial charge in [0.2, 0.25) is 5.88 Å². The number of benzene rings is 3. The number of rotatable bonds is 5. The molecule has 1 aliphatic heterocycles. The van der Waals surface area contributed by atoms with Crippen LogP contribution in [0.1, 0.15) is 24.0 Å². The molecule has 0 bridgehead atoms. The van der Waals surface area contributed by atoms with Crippen LogP contribution in [0.15, 0.2) is 72.1 Å². The predicted octanol–water partition coefficient (Wildman–Crippen LogP) is 5.21. The van der Waals surface area contributed by atoms with Gasteiger partial charge in [-0.2, -0.15) is 5.26 Å². The van der Waals surface area contributed by atoms with Crippen molar-refractivity contribution in [1.82, 2.24) is 0 Å². The van der Waals surface area contributed by atoms with Crippen LogP contribution in [0.4, 0.5) is 8.78 Å². The molecular weight excluding hydrogens is 466 g/mol. The molecule has 1 aliphatic rings. The molecule has 3 aromatic carbocycles. The maximum atomic E-state index is 14.7. The van der Waals surface area contributed by atoms with Crippen LogP contribution in [0.5, 0.6) is 17.2 Å². The Labute approximate surface area is 198 Å². The molecule has 3 aromatic rings. The third-order valence-corrected chi connectivity index (χ3v) is 5.50. The summed E-state index contributed by atoms with van der Waals surface area (Å²) in [4.78, 5) is 12.5. The summed E-state index contributed by atoms with van der Waals surface area (Å²) in [6, 6.07) is 16.2. The van der Waals surface area contributed by atoms with E-state index in [1.165, 1.54) is 61.5 Å². The van der Waals surface area contributed by atoms with Crippen LogP contribution < -0.4 is 19.9 Å². The molecule has 0 saturated carbocycles. The van der Waals surface area contributed by atoms with Gasteiger partial charge < -0.3 is 19.9 Å². The van der Waals surface area contributed by atoms with E-state index in [9.17, 15) is 18.8 Å². The third-order valence-electron chi connectivity index (χ3n) is 5.17. The number of allylic oxidation sites excluding steroid dienone is 1. The zero-order valence-corrected chi connectivity index (χ0v) is 18.5. The molecule has 0 spiro atoms. The number of carbonyl (C=O) groups excluding carboxylic acids is 1. The number of halogens is 3. The number of carbonyl (C=O) groups is 1. The van der Waals surface area contributed by atoms with Crippen LogP contribution >= 0.6 is 11.6 Å². The minimum atomic E-state index is -1.12.